The van der Waals surface area contributed by atoms with Crippen LogP contribution in [0.15, 0.2) is 24.3 Å². The Morgan fingerprint density at radius 1 is 1.08 bits per heavy atom. The maximum absolute atomic E-state index is 12.2. The van der Waals surface area contributed by atoms with E-state index in [0.29, 0.717) is 5.75 Å². The molecular formula is C19H28N4OS2. The van der Waals surface area contributed by atoms with Gasteiger partial charge < -0.3 is 20.0 Å². The van der Waals surface area contributed by atoms with E-state index in [1.807, 2.05) is 12.1 Å². The molecule has 0 spiro atoms. The van der Waals surface area contributed by atoms with Crippen molar-refractivity contribution in [3.05, 3.63) is 24.3 Å². The van der Waals surface area contributed by atoms with Crippen molar-refractivity contribution >= 4 is 45.6 Å². The second-order valence-corrected chi connectivity index (χ2v) is 8.37. The molecule has 2 aliphatic rings. The summed E-state index contributed by atoms with van der Waals surface area (Å²) in [6.45, 7) is 9.74. The number of rotatable bonds is 5. The molecule has 3 rings (SSSR count). The lowest BCUT2D eigenvalue weighted by atomic mass is 10.2. The molecule has 1 amide bonds. The third-order valence-electron chi connectivity index (χ3n) is 5.03. The van der Waals surface area contributed by atoms with Gasteiger partial charge in [0.05, 0.1) is 5.75 Å². The summed E-state index contributed by atoms with van der Waals surface area (Å²) in [7, 11) is 0. The van der Waals surface area contributed by atoms with E-state index in [4.69, 9.17) is 12.2 Å². The second kappa shape index (κ2) is 9.58. The van der Waals surface area contributed by atoms with E-state index in [2.05, 4.69) is 39.1 Å². The topological polar surface area (TPSA) is 38.8 Å². The Balaban J connectivity index is 1.43. The van der Waals surface area contributed by atoms with E-state index in [1.54, 1.807) is 0 Å². The predicted octanol–water partition coefficient (Wildman–Crippen LogP) is 2.88. The molecule has 0 atom stereocenters. The number of amides is 1. The molecule has 1 aromatic carbocycles. The van der Waals surface area contributed by atoms with E-state index >= 15 is 0 Å². The van der Waals surface area contributed by atoms with Crippen LogP contribution >= 0.6 is 24.0 Å². The Labute approximate surface area is 166 Å². The fourth-order valence-corrected chi connectivity index (χ4v) is 4.44. The standard InChI is InChI=1S/C19H28N4OS2/c1-2-21-11-13-22(14-12-21)17-7-5-16(6-8-17)20-18(24)15-26-19(25)23-9-3-4-10-23/h5-8H,2-4,9-15H2,1H3,(H,20,24). The van der Waals surface area contributed by atoms with Crippen LogP contribution in [0.4, 0.5) is 11.4 Å². The molecule has 0 radical (unpaired) electrons. The fourth-order valence-electron chi connectivity index (χ4n) is 3.39. The molecule has 2 aliphatic heterocycles. The van der Waals surface area contributed by atoms with Crippen LogP contribution in [0.1, 0.15) is 19.8 Å². The number of carbonyl (C=O) groups is 1. The number of likely N-dealkylation sites (tertiary alicyclic amines) is 1. The smallest absolute Gasteiger partial charge is 0.234 e. The molecular weight excluding hydrogens is 364 g/mol. The fraction of sp³-hybridized carbons (Fsp3) is 0.579. The Morgan fingerprint density at radius 3 is 2.35 bits per heavy atom. The number of hydrogen-bond donors (Lipinski definition) is 1. The van der Waals surface area contributed by atoms with Gasteiger partial charge in [0.2, 0.25) is 5.91 Å². The minimum absolute atomic E-state index is 0.000794. The number of thioether (sulfide) groups is 1. The highest BCUT2D eigenvalue weighted by Gasteiger charge is 2.17. The Hall–Kier alpha value is -1.31. The van der Waals surface area contributed by atoms with Crippen molar-refractivity contribution in [2.75, 3.05) is 61.8 Å². The van der Waals surface area contributed by atoms with Crippen LogP contribution in [0, 0.1) is 0 Å². The zero-order valence-electron chi connectivity index (χ0n) is 15.4. The SMILES string of the molecule is CCN1CCN(c2ccc(NC(=O)CSC(=S)N3CCCC3)cc2)CC1. The maximum atomic E-state index is 12.2. The van der Waals surface area contributed by atoms with E-state index in [1.165, 1.54) is 30.3 Å². The van der Waals surface area contributed by atoms with Crippen molar-refractivity contribution in [2.24, 2.45) is 0 Å². The van der Waals surface area contributed by atoms with Crippen molar-refractivity contribution in [2.45, 2.75) is 19.8 Å². The molecule has 0 saturated carbocycles. The first-order valence-corrected chi connectivity index (χ1v) is 10.8. The highest BCUT2D eigenvalue weighted by atomic mass is 32.2. The highest BCUT2D eigenvalue weighted by molar-refractivity contribution is 8.23. The van der Waals surface area contributed by atoms with Gasteiger partial charge in [0.1, 0.15) is 4.32 Å². The third kappa shape index (κ3) is 5.34. The van der Waals surface area contributed by atoms with E-state index < -0.39 is 0 Å². The van der Waals surface area contributed by atoms with Gasteiger partial charge in [-0.1, -0.05) is 30.9 Å². The number of nitrogens with one attached hydrogen (secondary N) is 1. The first-order valence-electron chi connectivity index (χ1n) is 9.44. The molecule has 1 aromatic rings. The lowest BCUT2D eigenvalue weighted by molar-refractivity contribution is -0.113. The van der Waals surface area contributed by atoms with Gasteiger partial charge in [-0.25, -0.2) is 0 Å². The van der Waals surface area contributed by atoms with Crippen LogP contribution in [-0.2, 0) is 4.79 Å². The Bertz CT molecular complexity index is 608. The number of piperazine rings is 1. The quantitative estimate of drug-likeness (QED) is 0.777. The molecule has 2 fully saturated rings. The van der Waals surface area contributed by atoms with E-state index in [0.717, 1.165) is 55.8 Å². The summed E-state index contributed by atoms with van der Waals surface area (Å²) in [5.74, 6) is 0.372. The lowest BCUT2D eigenvalue weighted by Crippen LogP contribution is -2.46. The first kappa shape index (κ1) is 19.5. The zero-order valence-corrected chi connectivity index (χ0v) is 17.1. The summed E-state index contributed by atoms with van der Waals surface area (Å²) in [6, 6.07) is 8.17. The molecule has 26 heavy (non-hydrogen) atoms. The minimum Gasteiger partial charge on any atom is -0.369 e. The van der Waals surface area contributed by atoms with Crippen molar-refractivity contribution in [3.63, 3.8) is 0 Å². The van der Waals surface area contributed by atoms with Crippen LogP contribution in [0.25, 0.3) is 0 Å². The summed E-state index contributed by atoms with van der Waals surface area (Å²) in [5, 5.41) is 2.97. The van der Waals surface area contributed by atoms with Crippen molar-refractivity contribution in [1.82, 2.24) is 9.80 Å². The lowest BCUT2D eigenvalue weighted by Gasteiger charge is -2.35. The van der Waals surface area contributed by atoms with Gasteiger partial charge in [-0.3, -0.25) is 4.79 Å². The average Bonchev–Trinajstić information content (AvgIpc) is 3.22. The third-order valence-corrected chi connectivity index (χ3v) is 6.55. The first-order chi connectivity index (χ1) is 12.7. The van der Waals surface area contributed by atoms with Gasteiger partial charge in [-0.05, 0) is 43.7 Å². The molecule has 7 heteroatoms. The van der Waals surface area contributed by atoms with Crippen LogP contribution in [-0.4, -0.2) is 71.6 Å². The summed E-state index contributed by atoms with van der Waals surface area (Å²) < 4.78 is 0.846. The molecule has 2 heterocycles. The molecule has 1 N–H and O–H groups in total. The molecule has 0 unspecified atom stereocenters. The number of thiocarbonyl (C=S) groups is 1. The van der Waals surface area contributed by atoms with Gasteiger partial charge in [0.15, 0.2) is 0 Å². The second-order valence-electron chi connectivity index (χ2n) is 6.77. The van der Waals surface area contributed by atoms with Gasteiger partial charge in [0, 0.05) is 50.6 Å². The highest BCUT2D eigenvalue weighted by Crippen LogP contribution is 2.20. The van der Waals surface area contributed by atoms with Crippen LogP contribution in [0.2, 0.25) is 0 Å². The van der Waals surface area contributed by atoms with Crippen molar-refractivity contribution < 1.29 is 4.79 Å². The largest absolute Gasteiger partial charge is 0.369 e. The van der Waals surface area contributed by atoms with E-state index in [-0.39, 0.29) is 5.91 Å². The molecule has 142 valence electrons. The number of carbonyl (C=O) groups excluding carboxylic acids is 1. The molecule has 0 aromatic heterocycles. The average molecular weight is 393 g/mol. The van der Waals surface area contributed by atoms with Gasteiger partial charge in [-0.2, -0.15) is 0 Å². The predicted molar refractivity (Wildman–Crippen MR) is 115 cm³/mol. The molecule has 0 aliphatic carbocycles. The van der Waals surface area contributed by atoms with Crippen molar-refractivity contribution in [3.8, 4) is 0 Å². The summed E-state index contributed by atoms with van der Waals surface area (Å²) in [4.78, 5) is 19.2. The van der Waals surface area contributed by atoms with Gasteiger partial charge in [0.25, 0.3) is 0 Å². The number of likely N-dealkylation sites (N-methyl/N-ethyl adjacent to an activating group) is 1. The van der Waals surface area contributed by atoms with Crippen LogP contribution < -0.4 is 10.2 Å². The molecule has 5 nitrogen and oxygen atoms in total. The number of benzene rings is 1. The van der Waals surface area contributed by atoms with E-state index in [9.17, 15) is 4.79 Å². The summed E-state index contributed by atoms with van der Waals surface area (Å²) in [5.41, 5.74) is 2.07. The molecule has 2 saturated heterocycles. The Morgan fingerprint density at radius 2 is 1.73 bits per heavy atom. The van der Waals surface area contributed by atoms with Crippen LogP contribution in [0.5, 0.6) is 0 Å². The summed E-state index contributed by atoms with van der Waals surface area (Å²) in [6.07, 6.45) is 2.40. The maximum Gasteiger partial charge on any atom is 0.234 e. The van der Waals surface area contributed by atoms with Crippen LogP contribution in [0.3, 0.4) is 0 Å². The summed E-state index contributed by atoms with van der Waals surface area (Å²) >= 11 is 6.86. The van der Waals surface area contributed by atoms with Gasteiger partial charge in [-0.15, -0.1) is 0 Å². The van der Waals surface area contributed by atoms with Gasteiger partial charge >= 0.3 is 0 Å². The number of anilines is 2. The number of nitrogens with zero attached hydrogens (tertiary/aromatic N) is 3. The monoisotopic (exact) mass is 392 g/mol. The normalized spacial score (nSPS) is 18.2. The number of hydrogen-bond acceptors (Lipinski definition) is 5. The Kier molecular flexibility index (Phi) is 7.16. The zero-order chi connectivity index (χ0) is 18.4. The van der Waals surface area contributed by atoms with Crippen molar-refractivity contribution in [1.29, 1.82) is 0 Å². The molecule has 0 bridgehead atoms. The minimum atomic E-state index is 0.000794.